The minimum Gasteiger partial charge on any atom is -0.481 e. The molecule has 0 bridgehead atoms. The Balaban J connectivity index is 3.01. The standard InChI is InChI=1S/C11H12O2/c1-3-9-5-4-6-10(7-9)8(2)11(12)13/h3-8H,1H2,2H3,(H,12,13). The van der Waals surface area contributed by atoms with Gasteiger partial charge in [0.05, 0.1) is 5.92 Å². The molecule has 2 heteroatoms. The maximum absolute atomic E-state index is 10.7. The Bertz CT molecular complexity index is 329. The van der Waals surface area contributed by atoms with Gasteiger partial charge in [0.15, 0.2) is 0 Å². The van der Waals surface area contributed by atoms with Crippen molar-refractivity contribution in [2.45, 2.75) is 12.8 Å². The minimum absolute atomic E-state index is 0.458. The molecule has 0 saturated carbocycles. The molecule has 0 aliphatic carbocycles. The summed E-state index contributed by atoms with van der Waals surface area (Å²) in [7, 11) is 0. The van der Waals surface area contributed by atoms with Gasteiger partial charge in [-0.3, -0.25) is 4.79 Å². The van der Waals surface area contributed by atoms with Crippen LogP contribution in [-0.4, -0.2) is 11.1 Å². The van der Waals surface area contributed by atoms with E-state index in [9.17, 15) is 4.79 Å². The number of rotatable bonds is 3. The first kappa shape index (κ1) is 9.52. The Morgan fingerprint density at radius 3 is 2.85 bits per heavy atom. The van der Waals surface area contributed by atoms with Crippen LogP contribution in [0.25, 0.3) is 6.08 Å². The molecule has 0 radical (unpaired) electrons. The monoisotopic (exact) mass is 176 g/mol. The number of hydrogen-bond acceptors (Lipinski definition) is 1. The van der Waals surface area contributed by atoms with Crippen LogP contribution in [0.4, 0.5) is 0 Å². The molecular weight excluding hydrogens is 164 g/mol. The maximum Gasteiger partial charge on any atom is 0.310 e. The van der Waals surface area contributed by atoms with Crippen LogP contribution in [0.1, 0.15) is 24.0 Å². The maximum atomic E-state index is 10.7. The summed E-state index contributed by atoms with van der Waals surface area (Å²) in [5.41, 5.74) is 1.76. The molecule has 68 valence electrons. The van der Waals surface area contributed by atoms with E-state index >= 15 is 0 Å². The lowest BCUT2D eigenvalue weighted by molar-refractivity contribution is -0.138. The van der Waals surface area contributed by atoms with Gasteiger partial charge in [-0.15, -0.1) is 0 Å². The summed E-state index contributed by atoms with van der Waals surface area (Å²) in [4.78, 5) is 10.7. The number of carboxylic acids is 1. The molecule has 1 aromatic rings. The Morgan fingerprint density at radius 2 is 2.31 bits per heavy atom. The lowest BCUT2D eigenvalue weighted by Crippen LogP contribution is -2.07. The van der Waals surface area contributed by atoms with Crippen molar-refractivity contribution in [2.75, 3.05) is 0 Å². The van der Waals surface area contributed by atoms with Crippen molar-refractivity contribution in [2.24, 2.45) is 0 Å². The molecule has 1 atom stereocenters. The molecule has 13 heavy (non-hydrogen) atoms. The van der Waals surface area contributed by atoms with E-state index in [1.54, 1.807) is 13.0 Å². The molecule has 0 fully saturated rings. The average Bonchev–Trinajstić information content (AvgIpc) is 2.16. The fraction of sp³-hybridized carbons (Fsp3) is 0.182. The quantitative estimate of drug-likeness (QED) is 0.768. The summed E-state index contributed by atoms with van der Waals surface area (Å²) < 4.78 is 0. The van der Waals surface area contributed by atoms with E-state index in [0.717, 1.165) is 11.1 Å². The first-order chi connectivity index (χ1) is 6.15. The highest BCUT2D eigenvalue weighted by Gasteiger charge is 2.12. The zero-order valence-electron chi connectivity index (χ0n) is 7.53. The first-order valence-corrected chi connectivity index (χ1v) is 4.10. The first-order valence-electron chi connectivity index (χ1n) is 4.10. The van der Waals surface area contributed by atoms with E-state index in [0.29, 0.717) is 0 Å². The molecule has 0 aliphatic rings. The van der Waals surface area contributed by atoms with Crippen LogP contribution in [0.3, 0.4) is 0 Å². The average molecular weight is 176 g/mol. The molecule has 1 unspecified atom stereocenters. The highest BCUT2D eigenvalue weighted by Crippen LogP contribution is 2.16. The Labute approximate surface area is 77.5 Å². The molecule has 2 nitrogen and oxygen atoms in total. The van der Waals surface area contributed by atoms with Gasteiger partial charge in [-0.2, -0.15) is 0 Å². The van der Waals surface area contributed by atoms with E-state index in [2.05, 4.69) is 6.58 Å². The van der Waals surface area contributed by atoms with Gasteiger partial charge in [0.1, 0.15) is 0 Å². The normalized spacial score (nSPS) is 12.1. The van der Waals surface area contributed by atoms with E-state index in [4.69, 9.17) is 5.11 Å². The van der Waals surface area contributed by atoms with Crippen molar-refractivity contribution in [3.05, 3.63) is 42.0 Å². The fourth-order valence-electron chi connectivity index (χ4n) is 1.10. The largest absolute Gasteiger partial charge is 0.481 e. The van der Waals surface area contributed by atoms with Crippen LogP contribution < -0.4 is 0 Å². The van der Waals surface area contributed by atoms with E-state index in [1.165, 1.54) is 0 Å². The van der Waals surface area contributed by atoms with Crippen molar-refractivity contribution >= 4 is 12.0 Å². The van der Waals surface area contributed by atoms with Gasteiger partial charge in [-0.1, -0.05) is 36.9 Å². The number of carboxylic acid groups (broad SMARTS) is 1. The molecule has 0 aromatic heterocycles. The van der Waals surface area contributed by atoms with Gasteiger partial charge in [0.2, 0.25) is 0 Å². The van der Waals surface area contributed by atoms with Crippen LogP contribution in [0.2, 0.25) is 0 Å². The van der Waals surface area contributed by atoms with Crippen LogP contribution in [0, 0.1) is 0 Å². The Kier molecular flexibility index (Phi) is 2.85. The van der Waals surface area contributed by atoms with Crippen molar-refractivity contribution in [3.63, 3.8) is 0 Å². The second kappa shape index (κ2) is 3.90. The number of benzene rings is 1. The molecule has 1 N–H and O–H groups in total. The third-order valence-electron chi connectivity index (χ3n) is 2.02. The molecule has 0 spiro atoms. The molecule has 0 saturated heterocycles. The van der Waals surface area contributed by atoms with E-state index in [-0.39, 0.29) is 0 Å². The summed E-state index contributed by atoms with van der Waals surface area (Å²) in [6, 6.07) is 7.38. The number of hydrogen-bond donors (Lipinski definition) is 1. The predicted octanol–water partition coefficient (Wildman–Crippen LogP) is 2.52. The topological polar surface area (TPSA) is 37.3 Å². The Hall–Kier alpha value is -1.57. The zero-order valence-corrected chi connectivity index (χ0v) is 7.53. The van der Waals surface area contributed by atoms with E-state index < -0.39 is 11.9 Å². The Morgan fingerprint density at radius 1 is 1.62 bits per heavy atom. The second-order valence-corrected chi connectivity index (χ2v) is 2.93. The van der Waals surface area contributed by atoms with Crippen molar-refractivity contribution in [3.8, 4) is 0 Å². The van der Waals surface area contributed by atoms with Gasteiger partial charge >= 0.3 is 5.97 Å². The van der Waals surface area contributed by atoms with Crippen molar-refractivity contribution < 1.29 is 9.90 Å². The van der Waals surface area contributed by atoms with Gasteiger partial charge < -0.3 is 5.11 Å². The lowest BCUT2D eigenvalue weighted by atomic mass is 9.99. The summed E-state index contributed by atoms with van der Waals surface area (Å²) >= 11 is 0. The van der Waals surface area contributed by atoms with Crippen molar-refractivity contribution in [1.29, 1.82) is 0 Å². The molecule has 1 rings (SSSR count). The summed E-state index contributed by atoms with van der Waals surface area (Å²) in [5.74, 6) is -1.26. The van der Waals surface area contributed by atoms with Gasteiger partial charge in [-0.25, -0.2) is 0 Å². The lowest BCUT2D eigenvalue weighted by Gasteiger charge is -2.06. The van der Waals surface area contributed by atoms with Crippen LogP contribution in [-0.2, 0) is 4.79 Å². The summed E-state index contributed by atoms with van der Waals surface area (Å²) in [6.45, 7) is 5.30. The molecule has 0 heterocycles. The van der Waals surface area contributed by atoms with Crippen LogP contribution in [0.5, 0.6) is 0 Å². The molecular formula is C11H12O2. The van der Waals surface area contributed by atoms with Crippen LogP contribution in [0.15, 0.2) is 30.8 Å². The predicted molar refractivity (Wildman–Crippen MR) is 52.6 cm³/mol. The fourth-order valence-corrected chi connectivity index (χ4v) is 1.10. The second-order valence-electron chi connectivity index (χ2n) is 2.93. The summed E-state index contributed by atoms with van der Waals surface area (Å²) in [5, 5.41) is 8.77. The number of carbonyl (C=O) groups is 1. The van der Waals surface area contributed by atoms with Crippen molar-refractivity contribution in [1.82, 2.24) is 0 Å². The van der Waals surface area contributed by atoms with Gasteiger partial charge in [0, 0.05) is 0 Å². The summed E-state index contributed by atoms with van der Waals surface area (Å²) in [6.07, 6.45) is 1.71. The molecule has 0 aliphatic heterocycles. The molecule has 0 amide bonds. The number of aliphatic carboxylic acids is 1. The van der Waals surface area contributed by atoms with Gasteiger partial charge in [-0.05, 0) is 18.1 Å². The smallest absolute Gasteiger partial charge is 0.310 e. The van der Waals surface area contributed by atoms with Gasteiger partial charge in [0.25, 0.3) is 0 Å². The molecule has 1 aromatic carbocycles. The third kappa shape index (κ3) is 2.18. The van der Waals surface area contributed by atoms with Crippen LogP contribution >= 0.6 is 0 Å². The minimum atomic E-state index is -0.804. The third-order valence-corrected chi connectivity index (χ3v) is 2.02. The van der Waals surface area contributed by atoms with E-state index in [1.807, 2.05) is 24.3 Å². The highest BCUT2D eigenvalue weighted by atomic mass is 16.4. The zero-order chi connectivity index (χ0) is 9.84. The highest BCUT2D eigenvalue weighted by molar-refractivity contribution is 5.75. The SMILES string of the molecule is C=Cc1cccc(C(C)C(=O)O)c1.